The molecule has 0 aliphatic carbocycles. The van der Waals surface area contributed by atoms with Crippen LogP contribution >= 0.6 is 0 Å². The Balaban J connectivity index is -0.000000451. The van der Waals surface area contributed by atoms with E-state index in [9.17, 15) is 13.2 Å². The Morgan fingerprint density at radius 3 is 1.70 bits per heavy atom. The summed E-state index contributed by atoms with van der Waals surface area (Å²) in [4.78, 5) is 10.9. The Hall–Kier alpha value is 0.0644. The number of carbonyl (C=O) groups is 1. The van der Waals surface area contributed by atoms with Gasteiger partial charge in [-0.3, -0.25) is 0 Å². The molecule has 0 saturated heterocycles. The van der Waals surface area contributed by atoms with Gasteiger partial charge < -0.3 is 21.5 Å². The van der Waals surface area contributed by atoms with Gasteiger partial charge in [-0.05, 0) is 37.1 Å². The summed E-state index contributed by atoms with van der Waals surface area (Å²) in [5.74, 6) is -1.07. The molecule has 1 rings (SSSR count). The molecule has 0 aliphatic heterocycles. The average molecular weight is 491 g/mol. The Kier molecular flexibility index (Phi) is 19.4. The van der Waals surface area contributed by atoms with Crippen molar-refractivity contribution in [2.75, 3.05) is 13.1 Å². The second kappa shape index (κ2) is 14.4. The molecule has 8 nitrogen and oxygen atoms in total. The summed E-state index contributed by atoms with van der Waals surface area (Å²) >= 11 is 0. The molecule has 0 aliphatic rings. The van der Waals surface area contributed by atoms with E-state index in [2.05, 4.69) is 0 Å². The monoisotopic (exact) mass is 492 g/mol. The van der Waals surface area contributed by atoms with Crippen LogP contribution in [0.4, 0.5) is 0 Å². The van der Waals surface area contributed by atoms with Gasteiger partial charge in [-0.15, -0.1) is 0 Å². The molecule has 1 radical (unpaired) electrons. The molecule has 0 spiro atoms. The number of carboxylic acid groups (broad SMARTS) is 1. The molecular formula is C13H25EuNO7S. The van der Waals surface area contributed by atoms with Gasteiger partial charge in [0.25, 0.3) is 0 Å². The SMILES string of the molecule is CCCN(CCC)S(=O)(=O)c1ccc(C(=O)O)cc1.O.O.O.[Eu]. The summed E-state index contributed by atoms with van der Waals surface area (Å²) in [6.07, 6.45) is 1.48. The number of nitrogens with zero attached hydrogens (tertiary/aromatic N) is 1. The summed E-state index contributed by atoms with van der Waals surface area (Å²) in [5.41, 5.74) is 0.0801. The summed E-state index contributed by atoms with van der Waals surface area (Å²) in [6.45, 7) is 4.78. The summed E-state index contributed by atoms with van der Waals surface area (Å²) in [6, 6.07) is 5.31. The molecule has 7 N–H and O–H groups in total. The van der Waals surface area contributed by atoms with Crippen molar-refractivity contribution in [1.29, 1.82) is 0 Å². The van der Waals surface area contributed by atoms with E-state index in [1.165, 1.54) is 28.6 Å². The molecule has 0 saturated carbocycles. The maximum absolute atomic E-state index is 12.4. The van der Waals surface area contributed by atoms with Gasteiger partial charge in [0.2, 0.25) is 10.0 Å². The number of carboxylic acids is 1. The largest absolute Gasteiger partial charge is 0.478 e. The fourth-order valence-electron chi connectivity index (χ4n) is 1.77. The van der Waals surface area contributed by atoms with Crippen molar-refractivity contribution in [1.82, 2.24) is 4.31 Å². The van der Waals surface area contributed by atoms with E-state index in [0.717, 1.165) is 12.8 Å². The zero-order valence-electron chi connectivity index (χ0n) is 13.0. The van der Waals surface area contributed by atoms with Crippen molar-refractivity contribution in [3.8, 4) is 0 Å². The molecule has 23 heavy (non-hydrogen) atoms. The van der Waals surface area contributed by atoms with Crippen molar-refractivity contribution in [3.63, 3.8) is 0 Å². The van der Waals surface area contributed by atoms with Crippen LogP contribution < -0.4 is 0 Å². The van der Waals surface area contributed by atoms with E-state index in [4.69, 9.17) is 5.11 Å². The van der Waals surface area contributed by atoms with Crippen molar-refractivity contribution in [3.05, 3.63) is 29.8 Å². The normalized spacial score (nSPS) is 9.70. The van der Waals surface area contributed by atoms with Crippen LogP contribution in [0.1, 0.15) is 37.0 Å². The maximum atomic E-state index is 12.4. The first-order chi connectivity index (χ1) is 8.93. The van der Waals surface area contributed by atoms with E-state index in [1.54, 1.807) is 0 Å². The minimum atomic E-state index is -3.53. The first-order valence-electron chi connectivity index (χ1n) is 6.27. The minimum Gasteiger partial charge on any atom is -0.478 e. The maximum Gasteiger partial charge on any atom is 0.335 e. The van der Waals surface area contributed by atoms with Crippen LogP contribution in [0, 0.1) is 49.4 Å². The Bertz CT molecular complexity index is 528. The number of hydrogen-bond acceptors (Lipinski definition) is 3. The van der Waals surface area contributed by atoms with Gasteiger partial charge in [-0.2, -0.15) is 4.31 Å². The van der Waals surface area contributed by atoms with Crippen molar-refractivity contribution >= 4 is 16.0 Å². The van der Waals surface area contributed by atoms with Gasteiger partial charge in [0, 0.05) is 62.5 Å². The molecular weight excluding hydrogens is 466 g/mol. The van der Waals surface area contributed by atoms with Gasteiger partial charge in [-0.25, -0.2) is 13.2 Å². The first kappa shape index (κ1) is 30.9. The Morgan fingerprint density at radius 1 is 1.00 bits per heavy atom. The smallest absolute Gasteiger partial charge is 0.335 e. The second-order valence-electron chi connectivity index (χ2n) is 4.23. The van der Waals surface area contributed by atoms with Gasteiger partial charge in [0.05, 0.1) is 10.5 Å². The van der Waals surface area contributed by atoms with Crippen LogP contribution in [0.2, 0.25) is 0 Å². The number of sulfonamides is 1. The van der Waals surface area contributed by atoms with Gasteiger partial charge in [0.15, 0.2) is 0 Å². The van der Waals surface area contributed by atoms with E-state index in [0.29, 0.717) is 13.1 Å². The van der Waals surface area contributed by atoms with Gasteiger partial charge in [0.1, 0.15) is 0 Å². The number of aromatic carboxylic acids is 1. The average Bonchev–Trinajstić information content (AvgIpc) is 2.38. The standard InChI is InChI=1S/C13H19NO4S.Eu.3H2O/c1-3-9-14(10-4-2)19(17,18)12-7-5-11(6-8-12)13(15)16;;;;/h5-8H,3-4,9-10H2,1-2H3,(H,15,16);;3*1H2. The molecule has 0 heterocycles. The molecule has 0 bridgehead atoms. The first-order valence-corrected chi connectivity index (χ1v) is 7.71. The van der Waals surface area contributed by atoms with Crippen LogP contribution in [0.25, 0.3) is 0 Å². The fraction of sp³-hybridized carbons (Fsp3) is 0.462. The molecule has 0 aromatic heterocycles. The minimum absolute atomic E-state index is 0. The topological polar surface area (TPSA) is 169 Å². The quantitative estimate of drug-likeness (QED) is 0.554. The molecule has 0 fully saturated rings. The molecule has 0 atom stereocenters. The number of rotatable bonds is 7. The Labute approximate surface area is 177 Å². The van der Waals surface area contributed by atoms with E-state index in [1.807, 2.05) is 13.8 Å². The van der Waals surface area contributed by atoms with Crippen molar-refractivity contribution in [2.24, 2.45) is 0 Å². The molecule has 1 aromatic rings. The van der Waals surface area contributed by atoms with Crippen LogP contribution in [-0.2, 0) is 10.0 Å². The van der Waals surface area contributed by atoms with Crippen LogP contribution in [0.3, 0.4) is 0 Å². The predicted molar refractivity (Wildman–Crippen MR) is 83.6 cm³/mol. The fourth-order valence-corrected chi connectivity index (χ4v) is 3.39. The summed E-state index contributed by atoms with van der Waals surface area (Å²) in [7, 11) is -3.53. The molecule has 137 valence electrons. The van der Waals surface area contributed by atoms with Gasteiger partial charge in [-0.1, -0.05) is 13.8 Å². The third kappa shape index (κ3) is 8.64. The zero-order chi connectivity index (χ0) is 14.5. The van der Waals surface area contributed by atoms with Crippen LogP contribution in [0.15, 0.2) is 29.2 Å². The zero-order valence-corrected chi connectivity index (χ0v) is 16.3. The number of hydrogen-bond donors (Lipinski definition) is 1. The van der Waals surface area contributed by atoms with E-state index in [-0.39, 0.29) is 76.3 Å². The van der Waals surface area contributed by atoms with Gasteiger partial charge >= 0.3 is 5.97 Å². The predicted octanol–water partition coefficient (Wildman–Crippen LogP) is -0.279. The molecule has 10 heteroatoms. The van der Waals surface area contributed by atoms with Crippen molar-refractivity contribution < 1.29 is 84.1 Å². The van der Waals surface area contributed by atoms with Crippen LogP contribution in [0.5, 0.6) is 0 Å². The van der Waals surface area contributed by atoms with Crippen LogP contribution in [-0.4, -0.2) is 53.3 Å². The third-order valence-corrected chi connectivity index (χ3v) is 4.60. The third-order valence-electron chi connectivity index (χ3n) is 2.69. The molecule has 0 unspecified atom stereocenters. The molecule has 1 aromatic carbocycles. The van der Waals surface area contributed by atoms with E-state index < -0.39 is 16.0 Å². The van der Waals surface area contributed by atoms with E-state index >= 15 is 0 Å². The van der Waals surface area contributed by atoms with Crippen molar-refractivity contribution in [2.45, 2.75) is 31.6 Å². The summed E-state index contributed by atoms with van der Waals surface area (Å²) in [5, 5.41) is 8.80. The second-order valence-corrected chi connectivity index (χ2v) is 6.17. The summed E-state index contributed by atoms with van der Waals surface area (Å²) < 4.78 is 26.2. The Morgan fingerprint density at radius 2 is 1.39 bits per heavy atom. The molecule has 0 amide bonds. The number of benzene rings is 1.